The van der Waals surface area contributed by atoms with E-state index in [4.69, 9.17) is 44.6 Å². The summed E-state index contributed by atoms with van der Waals surface area (Å²) < 4.78 is 5.73. The average molecular weight is 446 g/mol. The van der Waals surface area contributed by atoms with E-state index in [0.29, 0.717) is 5.02 Å². The third-order valence-corrected chi connectivity index (χ3v) is 4.24. The highest BCUT2D eigenvalue weighted by molar-refractivity contribution is 6.37. The van der Waals surface area contributed by atoms with Crippen molar-refractivity contribution in [3.05, 3.63) is 56.5 Å². The first kappa shape index (κ1) is 22.1. The van der Waals surface area contributed by atoms with Gasteiger partial charge in [-0.15, -0.1) is 0 Å². The summed E-state index contributed by atoms with van der Waals surface area (Å²) in [4.78, 5) is 22.5. The fraction of sp³-hybridized carbons (Fsp3) is 0.263. The van der Waals surface area contributed by atoms with Crippen LogP contribution in [-0.4, -0.2) is 29.6 Å². The molecule has 0 atom stereocenters. The molecule has 0 aromatic heterocycles. The standard InChI is InChI=1S/C19H19Cl3N2O4/c1-10(2)24-14-4-11(3-13(20)7-14)9-28-18-15(21)5-12(6-16(18)22)19(27)23-8-17(25)26/h3-7,10,24H,8-9H2,1-2H3,(H,23,27)(H,25,26). The number of carbonyl (C=O) groups is 2. The Balaban J connectivity index is 2.13. The van der Waals surface area contributed by atoms with Crippen molar-refractivity contribution in [3.8, 4) is 5.75 Å². The molecule has 0 radical (unpaired) electrons. The molecule has 0 bridgehead atoms. The molecule has 0 aliphatic heterocycles. The molecule has 0 unspecified atom stereocenters. The average Bonchev–Trinajstić information content (AvgIpc) is 2.57. The Morgan fingerprint density at radius 1 is 1.07 bits per heavy atom. The van der Waals surface area contributed by atoms with Crippen LogP contribution < -0.4 is 15.4 Å². The molecule has 0 fully saturated rings. The van der Waals surface area contributed by atoms with Gasteiger partial charge in [-0.1, -0.05) is 34.8 Å². The van der Waals surface area contributed by atoms with Crippen molar-refractivity contribution in [1.82, 2.24) is 5.32 Å². The maximum absolute atomic E-state index is 12.0. The number of anilines is 1. The van der Waals surface area contributed by atoms with Crippen molar-refractivity contribution >= 4 is 52.4 Å². The summed E-state index contributed by atoms with van der Waals surface area (Å²) in [7, 11) is 0. The molecule has 0 saturated carbocycles. The second kappa shape index (κ2) is 9.87. The topological polar surface area (TPSA) is 87.7 Å². The zero-order valence-corrected chi connectivity index (χ0v) is 17.5. The maximum atomic E-state index is 12.0. The Morgan fingerprint density at radius 2 is 1.71 bits per heavy atom. The predicted octanol–water partition coefficient (Wildman–Crippen LogP) is 4.86. The van der Waals surface area contributed by atoms with Gasteiger partial charge in [0.15, 0.2) is 5.75 Å². The number of carbonyl (C=O) groups excluding carboxylic acids is 1. The Kier molecular flexibility index (Phi) is 7.80. The molecule has 2 rings (SSSR count). The quantitative estimate of drug-likeness (QED) is 0.540. The van der Waals surface area contributed by atoms with E-state index in [1.54, 1.807) is 6.07 Å². The summed E-state index contributed by atoms with van der Waals surface area (Å²) in [5.41, 5.74) is 1.81. The summed E-state index contributed by atoms with van der Waals surface area (Å²) in [6.07, 6.45) is 0. The minimum absolute atomic E-state index is 0.134. The largest absolute Gasteiger partial charge is 0.486 e. The van der Waals surface area contributed by atoms with Crippen LogP contribution in [-0.2, 0) is 11.4 Å². The molecule has 1 amide bonds. The van der Waals surface area contributed by atoms with Crippen molar-refractivity contribution in [2.75, 3.05) is 11.9 Å². The van der Waals surface area contributed by atoms with Crippen LogP contribution in [0.3, 0.4) is 0 Å². The van der Waals surface area contributed by atoms with E-state index >= 15 is 0 Å². The van der Waals surface area contributed by atoms with Gasteiger partial charge in [-0.05, 0) is 49.7 Å². The van der Waals surface area contributed by atoms with Crippen LogP contribution in [0, 0.1) is 0 Å². The van der Waals surface area contributed by atoms with Gasteiger partial charge in [-0.3, -0.25) is 9.59 Å². The molecule has 9 heteroatoms. The van der Waals surface area contributed by atoms with Crippen molar-refractivity contribution in [2.45, 2.75) is 26.5 Å². The van der Waals surface area contributed by atoms with Gasteiger partial charge in [0.25, 0.3) is 5.91 Å². The van der Waals surface area contributed by atoms with Crippen molar-refractivity contribution in [1.29, 1.82) is 0 Å². The molecule has 0 saturated heterocycles. The van der Waals surface area contributed by atoms with E-state index in [2.05, 4.69) is 10.6 Å². The van der Waals surface area contributed by atoms with Crippen molar-refractivity contribution in [3.63, 3.8) is 0 Å². The normalized spacial score (nSPS) is 10.6. The zero-order valence-electron chi connectivity index (χ0n) is 15.2. The fourth-order valence-corrected chi connectivity index (χ4v) is 3.25. The van der Waals surface area contributed by atoms with Crippen LogP contribution in [0.15, 0.2) is 30.3 Å². The van der Waals surface area contributed by atoms with Gasteiger partial charge < -0.3 is 20.5 Å². The van der Waals surface area contributed by atoms with E-state index in [-0.39, 0.29) is 34.0 Å². The molecule has 150 valence electrons. The first-order chi connectivity index (χ1) is 13.2. The summed E-state index contributed by atoms with van der Waals surface area (Å²) in [5, 5.41) is 15.0. The Labute approximate surface area is 177 Å². The number of hydrogen-bond acceptors (Lipinski definition) is 4. The zero-order chi connectivity index (χ0) is 20.8. The Bertz CT molecular complexity index is 864. The maximum Gasteiger partial charge on any atom is 0.322 e. The molecule has 0 aliphatic rings. The van der Waals surface area contributed by atoms with Gasteiger partial charge in [0.05, 0.1) is 10.0 Å². The number of ether oxygens (including phenoxy) is 1. The Morgan fingerprint density at radius 3 is 2.29 bits per heavy atom. The lowest BCUT2D eigenvalue weighted by molar-refractivity contribution is -0.135. The van der Waals surface area contributed by atoms with Gasteiger partial charge >= 0.3 is 5.97 Å². The summed E-state index contributed by atoms with van der Waals surface area (Å²) in [5.74, 6) is -1.54. The third-order valence-electron chi connectivity index (χ3n) is 3.46. The van der Waals surface area contributed by atoms with Gasteiger partial charge in [0.2, 0.25) is 0 Å². The second-order valence-electron chi connectivity index (χ2n) is 6.28. The van der Waals surface area contributed by atoms with Gasteiger partial charge in [0.1, 0.15) is 13.2 Å². The van der Waals surface area contributed by atoms with Crippen LogP contribution in [0.5, 0.6) is 5.75 Å². The smallest absolute Gasteiger partial charge is 0.322 e. The lowest BCUT2D eigenvalue weighted by Crippen LogP contribution is -2.29. The minimum Gasteiger partial charge on any atom is -0.486 e. The lowest BCUT2D eigenvalue weighted by atomic mass is 10.2. The molecule has 0 heterocycles. The van der Waals surface area contributed by atoms with Crippen molar-refractivity contribution < 1.29 is 19.4 Å². The van der Waals surface area contributed by atoms with E-state index in [9.17, 15) is 9.59 Å². The fourth-order valence-electron chi connectivity index (χ4n) is 2.39. The monoisotopic (exact) mass is 444 g/mol. The lowest BCUT2D eigenvalue weighted by Gasteiger charge is -2.14. The van der Waals surface area contributed by atoms with Crippen LogP contribution in [0.4, 0.5) is 5.69 Å². The molecule has 2 aromatic rings. The highest BCUT2D eigenvalue weighted by Gasteiger charge is 2.15. The molecule has 28 heavy (non-hydrogen) atoms. The molecule has 3 N–H and O–H groups in total. The SMILES string of the molecule is CC(C)Nc1cc(Cl)cc(COc2c(Cl)cc(C(=O)NCC(=O)O)cc2Cl)c1. The highest BCUT2D eigenvalue weighted by Crippen LogP contribution is 2.35. The first-order valence-corrected chi connectivity index (χ1v) is 9.47. The van der Waals surface area contributed by atoms with E-state index in [1.165, 1.54) is 12.1 Å². The van der Waals surface area contributed by atoms with Crippen LogP contribution >= 0.6 is 34.8 Å². The number of carboxylic acids is 1. The molecular weight excluding hydrogens is 427 g/mol. The molecule has 2 aromatic carbocycles. The van der Waals surface area contributed by atoms with E-state index in [0.717, 1.165) is 11.3 Å². The first-order valence-electron chi connectivity index (χ1n) is 8.33. The molecule has 6 nitrogen and oxygen atoms in total. The molecule has 0 aliphatic carbocycles. The number of benzene rings is 2. The van der Waals surface area contributed by atoms with Crippen LogP contribution in [0.1, 0.15) is 29.8 Å². The molecule has 0 spiro atoms. The number of halogens is 3. The molecular formula is C19H19Cl3N2O4. The summed E-state index contributed by atoms with van der Waals surface area (Å²) in [6.45, 7) is 3.70. The van der Waals surface area contributed by atoms with Crippen molar-refractivity contribution in [2.24, 2.45) is 0 Å². The van der Waals surface area contributed by atoms with Crippen LogP contribution in [0.2, 0.25) is 15.1 Å². The summed E-state index contributed by atoms with van der Waals surface area (Å²) in [6, 6.07) is 8.46. The third kappa shape index (κ3) is 6.48. The van der Waals surface area contributed by atoms with E-state index < -0.39 is 18.4 Å². The van der Waals surface area contributed by atoms with Gasteiger partial charge in [-0.2, -0.15) is 0 Å². The van der Waals surface area contributed by atoms with Gasteiger partial charge in [-0.25, -0.2) is 0 Å². The highest BCUT2D eigenvalue weighted by atomic mass is 35.5. The number of rotatable bonds is 8. The minimum atomic E-state index is -1.15. The van der Waals surface area contributed by atoms with Crippen LogP contribution in [0.25, 0.3) is 0 Å². The second-order valence-corrected chi connectivity index (χ2v) is 7.53. The number of amides is 1. The van der Waals surface area contributed by atoms with E-state index in [1.807, 2.05) is 26.0 Å². The van der Waals surface area contributed by atoms with Gasteiger partial charge in [0, 0.05) is 22.3 Å². The Hall–Kier alpha value is -2.15. The number of carboxylic acid groups (broad SMARTS) is 1. The number of hydrogen-bond donors (Lipinski definition) is 3. The number of nitrogens with one attached hydrogen (secondary N) is 2. The predicted molar refractivity (Wildman–Crippen MR) is 111 cm³/mol. The summed E-state index contributed by atoms with van der Waals surface area (Å²) >= 11 is 18.5. The number of aliphatic carboxylic acids is 1.